The Balaban J connectivity index is 1.52. The van der Waals surface area contributed by atoms with Crippen molar-refractivity contribution in [2.75, 3.05) is 6.73 Å². The number of nitrogens with two attached hydrogens (primary N) is 1. The standard InChI is InChI=1S/C28H25N3O4S/c29-28(32)22-13-7-14-23-26(22)27-24(31(23)17-20-9-3-1-4-10-20)15-8-16-25(27)35-19-30-36(33,34)18-21-11-5-2-6-12-21/h1-16,30H,17-19H2,(H2,29,32). The monoisotopic (exact) mass is 499 g/mol. The Kier molecular flexibility index (Phi) is 6.45. The first-order valence-corrected chi connectivity index (χ1v) is 13.1. The van der Waals surface area contributed by atoms with Gasteiger partial charge in [-0.15, -0.1) is 0 Å². The lowest BCUT2D eigenvalue weighted by Crippen LogP contribution is -2.29. The highest BCUT2D eigenvalue weighted by molar-refractivity contribution is 7.88. The minimum atomic E-state index is -3.61. The van der Waals surface area contributed by atoms with E-state index < -0.39 is 15.9 Å². The first-order chi connectivity index (χ1) is 17.4. The fraction of sp³-hybridized carbons (Fsp3) is 0.107. The highest BCUT2D eigenvalue weighted by Crippen LogP contribution is 2.38. The summed E-state index contributed by atoms with van der Waals surface area (Å²) in [6, 6.07) is 29.9. The average molecular weight is 500 g/mol. The van der Waals surface area contributed by atoms with E-state index in [1.54, 1.807) is 42.5 Å². The van der Waals surface area contributed by atoms with Gasteiger partial charge in [-0.05, 0) is 35.4 Å². The number of aromatic nitrogens is 1. The maximum Gasteiger partial charge on any atom is 0.249 e. The summed E-state index contributed by atoms with van der Waals surface area (Å²) in [7, 11) is -3.61. The molecule has 0 aliphatic carbocycles. The molecule has 1 heterocycles. The molecule has 5 rings (SSSR count). The molecule has 5 aromatic rings. The Labute approximate surface area is 209 Å². The molecular formula is C28H25N3O4S. The molecule has 4 aromatic carbocycles. The van der Waals surface area contributed by atoms with Gasteiger partial charge in [-0.3, -0.25) is 4.79 Å². The van der Waals surface area contributed by atoms with Crippen LogP contribution in [0.25, 0.3) is 21.8 Å². The fourth-order valence-corrected chi connectivity index (χ4v) is 5.43. The molecule has 0 unspecified atom stereocenters. The number of primary amides is 1. The summed E-state index contributed by atoms with van der Waals surface area (Å²) in [4.78, 5) is 12.3. The Morgan fingerprint density at radius 2 is 1.39 bits per heavy atom. The Morgan fingerprint density at radius 3 is 2.06 bits per heavy atom. The number of benzene rings is 4. The van der Waals surface area contributed by atoms with E-state index in [4.69, 9.17) is 10.5 Å². The van der Waals surface area contributed by atoms with Gasteiger partial charge in [0.05, 0.1) is 22.2 Å². The Bertz CT molecular complexity index is 1650. The van der Waals surface area contributed by atoms with Crippen molar-refractivity contribution in [1.82, 2.24) is 9.29 Å². The van der Waals surface area contributed by atoms with Gasteiger partial charge >= 0.3 is 0 Å². The molecule has 0 saturated carbocycles. The molecule has 182 valence electrons. The summed E-state index contributed by atoms with van der Waals surface area (Å²) in [5, 5.41) is 1.39. The zero-order valence-corrected chi connectivity index (χ0v) is 20.2. The van der Waals surface area contributed by atoms with E-state index >= 15 is 0 Å². The third-order valence-corrected chi connectivity index (χ3v) is 7.30. The van der Waals surface area contributed by atoms with Crippen molar-refractivity contribution in [3.63, 3.8) is 0 Å². The zero-order valence-electron chi connectivity index (χ0n) is 19.4. The number of carbonyl (C=O) groups is 1. The van der Waals surface area contributed by atoms with Crippen LogP contribution in [0.5, 0.6) is 5.75 Å². The van der Waals surface area contributed by atoms with Crippen LogP contribution in [0.15, 0.2) is 97.1 Å². The van der Waals surface area contributed by atoms with E-state index in [0.29, 0.717) is 34.2 Å². The van der Waals surface area contributed by atoms with Crippen molar-refractivity contribution in [1.29, 1.82) is 0 Å². The highest BCUT2D eigenvalue weighted by Gasteiger charge is 2.20. The smallest absolute Gasteiger partial charge is 0.249 e. The van der Waals surface area contributed by atoms with E-state index in [1.807, 2.05) is 54.6 Å². The fourth-order valence-electron chi connectivity index (χ4n) is 4.46. The number of nitrogens with zero attached hydrogens (tertiary/aromatic N) is 1. The number of hydrogen-bond donors (Lipinski definition) is 2. The predicted molar refractivity (Wildman–Crippen MR) is 141 cm³/mol. The van der Waals surface area contributed by atoms with Crippen LogP contribution in [0.3, 0.4) is 0 Å². The average Bonchev–Trinajstić information content (AvgIpc) is 3.19. The van der Waals surface area contributed by atoms with Crippen LogP contribution < -0.4 is 15.2 Å². The Hall–Kier alpha value is -4.14. The molecule has 36 heavy (non-hydrogen) atoms. The molecule has 1 aromatic heterocycles. The Morgan fingerprint density at radius 1 is 0.778 bits per heavy atom. The van der Waals surface area contributed by atoms with Crippen molar-refractivity contribution in [2.45, 2.75) is 12.3 Å². The van der Waals surface area contributed by atoms with Crippen molar-refractivity contribution in [3.05, 3.63) is 114 Å². The molecular weight excluding hydrogens is 474 g/mol. The first-order valence-electron chi connectivity index (χ1n) is 11.4. The van der Waals surface area contributed by atoms with Crippen molar-refractivity contribution in [2.24, 2.45) is 5.73 Å². The van der Waals surface area contributed by atoms with Crippen LogP contribution in [0.2, 0.25) is 0 Å². The number of nitrogens with one attached hydrogen (secondary N) is 1. The molecule has 0 spiro atoms. The summed E-state index contributed by atoms with van der Waals surface area (Å²) in [5.74, 6) is -0.234. The van der Waals surface area contributed by atoms with Crippen LogP contribution >= 0.6 is 0 Å². The van der Waals surface area contributed by atoms with Crippen LogP contribution in [0.1, 0.15) is 21.5 Å². The van der Waals surface area contributed by atoms with Gasteiger partial charge in [-0.2, -0.15) is 4.72 Å². The normalized spacial score (nSPS) is 11.7. The number of amides is 1. The molecule has 0 fully saturated rings. The second-order valence-electron chi connectivity index (χ2n) is 8.46. The molecule has 7 nitrogen and oxygen atoms in total. The molecule has 0 atom stereocenters. The second kappa shape index (κ2) is 9.85. The maximum absolute atomic E-state index is 12.6. The van der Waals surface area contributed by atoms with E-state index in [0.717, 1.165) is 16.6 Å². The summed E-state index contributed by atoms with van der Waals surface area (Å²) in [6.07, 6.45) is 0. The predicted octanol–water partition coefficient (Wildman–Crippen LogP) is 4.40. The number of rotatable bonds is 9. The third-order valence-electron chi connectivity index (χ3n) is 6.03. The molecule has 0 bridgehead atoms. The van der Waals surface area contributed by atoms with Gasteiger partial charge in [-0.25, -0.2) is 8.42 Å². The molecule has 8 heteroatoms. The van der Waals surface area contributed by atoms with E-state index in [-0.39, 0.29) is 12.5 Å². The third kappa shape index (κ3) is 4.82. The van der Waals surface area contributed by atoms with Gasteiger partial charge in [0.2, 0.25) is 15.9 Å². The lowest BCUT2D eigenvalue weighted by atomic mass is 10.1. The van der Waals surface area contributed by atoms with Gasteiger partial charge < -0.3 is 15.0 Å². The molecule has 0 aliphatic heterocycles. The van der Waals surface area contributed by atoms with Crippen molar-refractivity contribution < 1.29 is 17.9 Å². The van der Waals surface area contributed by atoms with Gasteiger partial charge in [0, 0.05) is 17.5 Å². The summed E-state index contributed by atoms with van der Waals surface area (Å²) < 4.78 is 35.7. The highest BCUT2D eigenvalue weighted by atomic mass is 32.2. The van der Waals surface area contributed by atoms with E-state index in [2.05, 4.69) is 9.29 Å². The number of sulfonamides is 1. The summed E-state index contributed by atoms with van der Waals surface area (Å²) in [5.41, 5.74) is 9.59. The SMILES string of the molecule is NC(=O)c1cccc2c1c1c(OCNS(=O)(=O)Cc3ccccc3)cccc1n2Cc1ccccc1. The molecule has 0 saturated heterocycles. The largest absolute Gasteiger partial charge is 0.477 e. The number of hydrogen-bond acceptors (Lipinski definition) is 4. The maximum atomic E-state index is 12.6. The topological polar surface area (TPSA) is 103 Å². The minimum absolute atomic E-state index is 0.149. The number of fused-ring (bicyclic) bond motifs is 3. The minimum Gasteiger partial charge on any atom is -0.477 e. The van der Waals surface area contributed by atoms with Crippen LogP contribution in [-0.2, 0) is 22.3 Å². The van der Waals surface area contributed by atoms with E-state index in [1.165, 1.54) is 0 Å². The summed E-state index contributed by atoms with van der Waals surface area (Å²) in [6.45, 7) is 0.328. The van der Waals surface area contributed by atoms with Gasteiger partial charge in [0.15, 0.2) is 6.73 Å². The lowest BCUT2D eigenvalue weighted by molar-refractivity contribution is 0.100. The van der Waals surface area contributed by atoms with Gasteiger partial charge in [0.25, 0.3) is 0 Å². The lowest BCUT2D eigenvalue weighted by Gasteiger charge is -2.11. The number of carbonyl (C=O) groups excluding carboxylic acids is 1. The summed E-state index contributed by atoms with van der Waals surface area (Å²) >= 11 is 0. The van der Waals surface area contributed by atoms with Crippen molar-refractivity contribution in [3.8, 4) is 5.75 Å². The first kappa shape index (κ1) is 23.6. The van der Waals surface area contributed by atoms with Gasteiger partial charge in [-0.1, -0.05) is 72.8 Å². The molecule has 0 aliphatic rings. The van der Waals surface area contributed by atoms with Crippen LogP contribution in [0, 0.1) is 0 Å². The van der Waals surface area contributed by atoms with Gasteiger partial charge in [0.1, 0.15) is 5.75 Å². The quantitative estimate of drug-likeness (QED) is 0.294. The second-order valence-corrected chi connectivity index (χ2v) is 10.3. The number of ether oxygens (including phenoxy) is 1. The van der Waals surface area contributed by atoms with Crippen molar-refractivity contribution >= 4 is 37.7 Å². The molecule has 3 N–H and O–H groups in total. The molecule has 1 amide bonds. The zero-order chi connectivity index (χ0) is 25.1. The van der Waals surface area contributed by atoms with Crippen LogP contribution in [-0.4, -0.2) is 25.6 Å². The van der Waals surface area contributed by atoms with E-state index in [9.17, 15) is 13.2 Å². The van der Waals surface area contributed by atoms with Crippen LogP contribution in [0.4, 0.5) is 0 Å². The molecule has 0 radical (unpaired) electrons.